The van der Waals surface area contributed by atoms with Crippen LogP contribution in [0.5, 0.6) is 0 Å². The van der Waals surface area contributed by atoms with Gasteiger partial charge >= 0.3 is 0 Å². The van der Waals surface area contributed by atoms with E-state index in [0.29, 0.717) is 5.92 Å². The van der Waals surface area contributed by atoms with Crippen LogP contribution in [0.1, 0.15) is 30.5 Å². The maximum atomic E-state index is 5.60. The average molecular weight is 214 g/mol. The standard InChI is InChI=1S/C14H18N2/c1-10(5-7-15)13-4-3-12-6-8-16-11(2)14(12)9-13/h3-4,6,8-10H,5,7,15H2,1-2H3. The molecular formula is C14H18N2. The van der Waals surface area contributed by atoms with Crippen LogP contribution in [0.2, 0.25) is 0 Å². The van der Waals surface area contributed by atoms with E-state index < -0.39 is 0 Å². The van der Waals surface area contributed by atoms with E-state index >= 15 is 0 Å². The van der Waals surface area contributed by atoms with E-state index in [2.05, 4.69) is 43.1 Å². The Bertz CT molecular complexity index is 491. The first-order valence-corrected chi connectivity index (χ1v) is 5.77. The summed E-state index contributed by atoms with van der Waals surface area (Å²) in [6.45, 7) is 5.02. The van der Waals surface area contributed by atoms with E-state index in [9.17, 15) is 0 Å². The van der Waals surface area contributed by atoms with Gasteiger partial charge in [-0.2, -0.15) is 0 Å². The van der Waals surface area contributed by atoms with Crippen molar-refractivity contribution in [1.29, 1.82) is 0 Å². The van der Waals surface area contributed by atoms with Crippen molar-refractivity contribution in [1.82, 2.24) is 4.98 Å². The number of pyridine rings is 1. The number of aromatic nitrogens is 1. The normalized spacial score (nSPS) is 12.9. The minimum atomic E-state index is 0.522. The third kappa shape index (κ3) is 2.07. The van der Waals surface area contributed by atoms with Gasteiger partial charge in [0.25, 0.3) is 0 Å². The second-order valence-corrected chi connectivity index (χ2v) is 4.36. The fourth-order valence-corrected chi connectivity index (χ4v) is 2.05. The molecule has 2 heteroatoms. The van der Waals surface area contributed by atoms with Crippen LogP contribution in [-0.2, 0) is 0 Å². The van der Waals surface area contributed by atoms with Crippen molar-refractivity contribution in [2.24, 2.45) is 5.73 Å². The SMILES string of the molecule is Cc1nccc2ccc(C(C)CCN)cc12. The number of rotatable bonds is 3. The number of hydrogen-bond acceptors (Lipinski definition) is 2. The maximum absolute atomic E-state index is 5.60. The maximum Gasteiger partial charge on any atom is 0.0451 e. The highest BCUT2D eigenvalue weighted by Crippen LogP contribution is 2.24. The lowest BCUT2D eigenvalue weighted by atomic mass is 9.95. The van der Waals surface area contributed by atoms with E-state index in [1.807, 2.05) is 6.20 Å². The van der Waals surface area contributed by atoms with Crippen molar-refractivity contribution in [3.05, 3.63) is 41.7 Å². The van der Waals surface area contributed by atoms with Crippen molar-refractivity contribution in [3.63, 3.8) is 0 Å². The number of aryl methyl sites for hydroxylation is 1. The molecule has 0 amide bonds. The fourth-order valence-electron chi connectivity index (χ4n) is 2.05. The van der Waals surface area contributed by atoms with Gasteiger partial charge in [0, 0.05) is 17.3 Å². The summed E-state index contributed by atoms with van der Waals surface area (Å²) in [5.41, 5.74) is 8.05. The summed E-state index contributed by atoms with van der Waals surface area (Å²) in [6, 6.07) is 8.67. The zero-order valence-electron chi connectivity index (χ0n) is 9.90. The monoisotopic (exact) mass is 214 g/mol. The zero-order chi connectivity index (χ0) is 11.5. The first-order valence-electron chi connectivity index (χ1n) is 5.77. The Kier molecular flexibility index (Phi) is 3.20. The van der Waals surface area contributed by atoms with Crippen molar-refractivity contribution in [2.45, 2.75) is 26.2 Å². The number of nitrogens with two attached hydrogens (primary N) is 1. The molecule has 0 bridgehead atoms. The summed E-state index contributed by atoms with van der Waals surface area (Å²) < 4.78 is 0. The van der Waals surface area contributed by atoms with E-state index in [-0.39, 0.29) is 0 Å². The molecule has 0 radical (unpaired) electrons. The molecule has 2 aromatic rings. The molecule has 0 spiro atoms. The minimum absolute atomic E-state index is 0.522. The van der Waals surface area contributed by atoms with Gasteiger partial charge in [-0.1, -0.05) is 19.1 Å². The van der Waals surface area contributed by atoms with Crippen LogP contribution in [0.15, 0.2) is 30.5 Å². The molecule has 0 aliphatic rings. The fraction of sp³-hybridized carbons (Fsp3) is 0.357. The molecule has 2 nitrogen and oxygen atoms in total. The Morgan fingerprint density at radius 2 is 2.12 bits per heavy atom. The molecule has 0 fully saturated rings. The van der Waals surface area contributed by atoms with Crippen molar-refractivity contribution in [3.8, 4) is 0 Å². The van der Waals surface area contributed by atoms with Crippen molar-refractivity contribution < 1.29 is 0 Å². The first-order chi connectivity index (χ1) is 7.72. The van der Waals surface area contributed by atoms with Gasteiger partial charge in [0.15, 0.2) is 0 Å². The van der Waals surface area contributed by atoms with Crippen LogP contribution in [0, 0.1) is 6.92 Å². The number of hydrogen-bond donors (Lipinski definition) is 1. The summed E-state index contributed by atoms with van der Waals surface area (Å²) in [4.78, 5) is 4.33. The third-order valence-electron chi connectivity index (χ3n) is 3.16. The molecule has 2 rings (SSSR count). The lowest BCUT2D eigenvalue weighted by molar-refractivity contribution is 0.691. The van der Waals surface area contributed by atoms with Gasteiger partial charge in [-0.05, 0) is 48.9 Å². The number of nitrogens with zero attached hydrogens (tertiary/aromatic N) is 1. The van der Waals surface area contributed by atoms with Gasteiger partial charge in [-0.15, -0.1) is 0 Å². The van der Waals surface area contributed by atoms with E-state index in [1.54, 1.807) is 0 Å². The Labute approximate surface area is 96.5 Å². The van der Waals surface area contributed by atoms with Crippen LogP contribution >= 0.6 is 0 Å². The minimum Gasteiger partial charge on any atom is -0.330 e. The molecule has 1 unspecified atom stereocenters. The molecular weight excluding hydrogens is 196 g/mol. The van der Waals surface area contributed by atoms with Crippen LogP contribution in [0.3, 0.4) is 0 Å². The van der Waals surface area contributed by atoms with Gasteiger partial charge in [-0.25, -0.2) is 0 Å². The second kappa shape index (κ2) is 4.62. The summed E-state index contributed by atoms with van der Waals surface area (Å²) in [5.74, 6) is 0.522. The van der Waals surface area contributed by atoms with Crippen LogP contribution in [-0.4, -0.2) is 11.5 Å². The third-order valence-corrected chi connectivity index (χ3v) is 3.16. The quantitative estimate of drug-likeness (QED) is 0.853. The second-order valence-electron chi connectivity index (χ2n) is 4.36. The molecule has 0 aliphatic carbocycles. The predicted molar refractivity (Wildman–Crippen MR) is 68.6 cm³/mol. The Balaban J connectivity index is 2.46. The highest BCUT2D eigenvalue weighted by Gasteiger charge is 2.06. The number of fused-ring (bicyclic) bond motifs is 1. The Hall–Kier alpha value is -1.41. The zero-order valence-corrected chi connectivity index (χ0v) is 9.90. The van der Waals surface area contributed by atoms with Gasteiger partial charge in [-0.3, -0.25) is 4.98 Å². The van der Waals surface area contributed by atoms with Crippen molar-refractivity contribution >= 4 is 10.8 Å². The van der Waals surface area contributed by atoms with Crippen molar-refractivity contribution in [2.75, 3.05) is 6.54 Å². The topological polar surface area (TPSA) is 38.9 Å². The van der Waals surface area contributed by atoms with Crippen LogP contribution in [0.25, 0.3) is 10.8 Å². The largest absolute Gasteiger partial charge is 0.330 e. The van der Waals surface area contributed by atoms with Gasteiger partial charge < -0.3 is 5.73 Å². The number of benzene rings is 1. The lowest BCUT2D eigenvalue weighted by Crippen LogP contribution is -2.04. The average Bonchev–Trinajstić information content (AvgIpc) is 2.29. The van der Waals surface area contributed by atoms with E-state index in [0.717, 1.165) is 18.7 Å². The molecule has 1 atom stereocenters. The Morgan fingerprint density at radius 1 is 1.31 bits per heavy atom. The first kappa shape index (κ1) is 11.1. The highest BCUT2D eigenvalue weighted by molar-refractivity contribution is 5.84. The van der Waals surface area contributed by atoms with Crippen LogP contribution < -0.4 is 5.73 Å². The van der Waals surface area contributed by atoms with Gasteiger partial charge in [0.05, 0.1) is 0 Å². The molecule has 2 N–H and O–H groups in total. The lowest BCUT2D eigenvalue weighted by Gasteiger charge is -2.12. The molecule has 0 saturated heterocycles. The summed E-state index contributed by atoms with van der Waals surface area (Å²) in [7, 11) is 0. The molecule has 1 aromatic heterocycles. The summed E-state index contributed by atoms with van der Waals surface area (Å²) in [5, 5.41) is 2.51. The molecule has 1 aromatic carbocycles. The van der Waals surface area contributed by atoms with Gasteiger partial charge in [0.1, 0.15) is 0 Å². The Morgan fingerprint density at radius 3 is 2.88 bits per heavy atom. The molecule has 1 heterocycles. The smallest absolute Gasteiger partial charge is 0.0451 e. The van der Waals surface area contributed by atoms with Gasteiger partial charge in [0.2, 0.25) is 0 Å². The molecule has 16 heavy (non-hydrogen) atoms. The summed E-state index contributed by atoms with van der Waals surface area (Å²) in [6.07, 6.45) is 2.89. The molecule has 84 valence electrons. The highest BCUT2D eigenvalue weighted by atomic mass is 14.7. The van der Waals surface area contributed by atoms with E-state index in [4.69, 9.17) is 5.73 Å². The summed E-state index contributed by atoms with van der Waals surface area (Å²) >= 11 is 0. The van der Waals surface area contributed by atoms with Crippen LogP contribution in [0.4, 0.5) is 0 Å². The van der Waals surface area contributed by atoms with E-state index in [1.165, 1.54) is 16.3 Å². The predicted octanol–water partition coefficient (Wildman–Crippen LogP) is 3.00. The molecule has 0 saturated carbocycles. The molecule has 0 aliphatic heterocycles.